The average Bonchev–Trinajstić information content (AvgIpc) is 3.18. The Bertz CT molecular complexity index is 1780. The van der Waals surface area contributed by atoms with Crippen LogP contribution in [0.2, 0.25) is 0 Å². The fraction of sp³-hybridized carbons (Fsp3) is 0.273. The summed E-state index contributed by atoms with van der Waals surface area (Å²) in [4.78, 5) is 30.6. The Balaban J connectivity index is 0.828. The van der Waals surface area contributed by atoms with E-state index in [1.807, 2.05) is 109 Å². The number of likely N-dealkylation sites (tertiary alicyclic amines) is 2. The van der Waals surface area contributed by atoms with Crippen molar-refractivity contribution in [1.29, 1.82) is 0 Å². The molecule has 2 aliphatic rings. The number of ether oxygens (including phenoxy) is 2. The van der Waals surface area contributed by atoms with Crippen molar-refractivity contribution in [2.45, 2.75) is 51.0 Å². The summed E-state index contributed by atoms with van der Waals surface area (Å²) >= 11 is 0. The highest BCUT2D eigenvalue weighted by atomic mass is 16.6. The summed E-state index contributed by atoms with van der Waals surface area (Å²) in [6.45, 7) is 5.25. The molecule has 8 nitrogen and oxygen atoms in total. The highest BCUT2D eigenvalue weighted by Gasteiger charge is 2.25. The molecule has 8 heteroatoms. The van der Waals surface area contributed by atoms with Crippen LogP contribution in [0.25, 0.3) is 22.3 Å². The van der Waals surface area contributed by atoms with Crippen molar-refractivity contribution in [2.24, 2.45) is 0 Å². The number of piperidine rings is 2. The van der Waals surface area contributed by atoms with Crippen LogP contribution in [0.5, 0.6) is 0 Å². The van der Waals surface area contributed by atoms with E-state index in [2.05, 4.69) is 44.7 Å². The van der Waals surface area contributed by atoms with Crippen LogP contribution in [0.4, 0.5) is 21.0 Å². The molecule has 5 aromatic rings. The van der Waals surface area contributed by atoms with Crippen molar-refractivity contribution >= 4 is 23.6 Å². The molecule has 0 bridgehead atoms. The molecule has 2 saturated heterocycles. The summed E-state index contributed by atoms with van der Waals surface area (Å²) in [6.07, 6.45) is 2.22. The number of hydrogen-bond donors (Lipinski definition) is 2. The van der Waals surface area contributed by atoms with Crippen LogP contribution in [-0.2, 0) is 22.6 Å². The molecule has 266 valence electrons. The van der Waals surface area contributed by atoms with E-state index in [1.165, 1.54) is 11.1 Å². The first-order valence-corrected chi connectivity index (χ1v) is 18.3. The van der Waals surface area contributed by atoms with E-state index < -0.39 is 12.2 Å². The second-order valence-electron chi connectivity index (χ2n) is 13.7. The van der Waals surface area contributed by atoms with Crippen LogP contribution in [0.3, 0.4) is 0 Å². The Labute approximate surface area is 306 Å². The van der Waals surface area contributed by atoms with E-state index >= 15 is 0 Å². The van der Waals surface area contributed by atoms with E-state index in [0.29, 0.717) is 0 Å². The van der Waals surface area contributed by atoms with Gasteiger partial charge in [0, 0.05) is 50.4 Å². The van der Waals surface area contributed by atoms with Crippen LogP contribution < -0.4 is 10.6 Å². The maximum atomic E-state index is 12.9. The predicted molar refractivity (Wildman–Crippen MR) is 207 cm³/mol. The van der Waals surface area contributed by atoms with E-state index in [-0.39, 0.29) is 12.2 Å². The van der Waals surface area contributed by atoms with Crippen molar-refractivity contribution in [3.05, 3.63) is 145 Å². The zero-order valence-corrected chi connectivity index (χ0v) is 29.5. The quantitative estimate of drug-likeness (QED) is 0.152. The van der Waals surface area contributed by atoms with Gasteiger partial charge in [-0.1, -0.05) is 121 Å². The minimum atomic E-state index is -0.405. The molecular weight excluding hydrogens is 649 g/mol. The van der Waals surface area contributed by atoms with Crippen molar-refractivity contribution < 1.29 is 19.1 Å². The molecule has 0 radical (unpaired) electrons. The normalized spacial score (nSPS) is 15.8. The van der Waals surface area contributed by atoms with Gasteiger partial charge in [-0.15, -0.1) is 0 Å². The molecule has 2 amide bonds. The lowest BCUT2D eigenvalue weighted by Crippen LogP contribution is -2.38. The molecule has 52 heavy (non-hydrogen) atoms. The molecule has 0 saturated carbocycles. The third-order valence-electron chi connectivity index (χ3n) is 9.92. The molecule has 0 spiro atoms. The molecule has 2 heterocycles. The summed E-state index contributed by atoms with van der Waals surface area (Å²) in [6, 6.07) is 44.5. The number of anilines is 2. The maximum absolute atomic E-state index is 12.9. The zero-order valence-electron chi connectivity index (χ0n) is 29.5. The van der Waals surface area contributed by atoms with Crippen molar-refractivity contribution in [1.82, 2.24) is 9.80 Å². The maximum Gasteiger partial charge on any atom is 0.411 e. The summed E-state index contributed by atoms with van der Waals surface area (Å²) in [5.41, 5.74) is 8.11. The van der Waals surface area contributed by atoms with Gasteiger partial charge >= 0.3 is 12.2 Å². The molecule has 0 aromatic heterocycles. The Morgan fingerprint density at radius 3 is 1.31 bits per heavy atom. The lowest BCUT2D eigenvalue weighted by Gasteiger charge is -2.32. The molecule has 0 atom stereocenters. The van der Waals surface area contributed by atoms with E-state index in [1.54, 1.807) is 0 Å². The van der Waals surface area contributed by atoms with Gasteiger partial charge in [-0.05, 0) is 60.1 Å². The standard InChI is InChI=1S/C44H46N4O4/c49-43(45-41-20-9-7-18-39(41)35-14-3-1-4-15-35)51-37-22-26-47(27-23-37)31-33-12-11-13-34(30-33)32-48-28-24-38(25-29-48)52-44(50)46-42-21-10-8-19-40(42)36-16-5-2-6-17-36/h1-21,30,37-38H,22-29,31-32H2,(H,45,49)(H,46,50). The second kappa shape index (κ2) is 17.2. The fourth-order valence-corrected chi connectivity index (χ4v) is 7.22. The predicted octanol–water partition coefficient (Wildman–Crippen LogP) is 9.45. The van der Waals surface area contributed by atoms with Gasteiger partial charge in [0.15, 0.2) is 0 Å². The molecular formula is C44H46N4O4. The van der Waals surface area contributed by atoms with Crippen LogP contribution >= 0.6 is 0 Å². The number of nitrogens with one attached hydrogen (secondary N) is 2. The minimum absolute atomic E-state index is 0.102. The van der Waals surface area contributed by atoms with Crippen molar-refractivity contribution in [2.75, 3.05) is 36.8 Å². The highest BCUT2D eigenvalue weighted by molar-refractivity contribution is 5.92. The lowest BCUT2D eigenvalue weighted by molar-refractivity contribution is 0.0566. The largest absolute Gasteiger partial charge is 0.446 e. The van der Waals surface area contributed by atoms with Crippen molar-refractivity contribution in [3.63, 3.8) is 0 Å². The summed E-state index contributed by atoms with van der Waals surface area (Å²) < 4.78 is 11.7. The molecule has 5 aromatic carbocycles. The smallest absolute Gasteiger partial charge is 0.411 e. The third-order valence-corrected chi connectivity index (χ3v) is 9.92. The highest BCUT2D eigenvalue weighted by Crippen LogP contribution is 2.29. The lowest BCUT2D eigenvalue weighted by atomic mass is 10.0. The minimum Gasteiger partial charge on any atom is -0.446 e. The molecule has 2 fully saturated rings. The van der Waals surface area contributed by atoms with Gasteiger partial charge in [-0.25, -0.2) is 9.59 Å². The number of para-hydroxylation sites is 2. The van der Waals surface area contributed by atoms with Crippen LogP contribution in [0.15, 0.2) is 133 Å². The van der Waals surface area contributed by atoms with Crippen LogP contribution in [0, 0.1) is 0 Å². The first-order valence-electron chi connectivity index (χ1n) is 18.3. The Hall–Kier alpha value is -5.44. The number of amides is 2. The first kappa shape index (κ1) is 35.0. The monoisotopic (exact) mass is 694 g/mol. The van der Waals surface area contributed by atoms with E-state index in [0.717, 1.165) is 98.6 Å². The van der Waals surface area contributed by atoms with Gasteiger partial charge in [-0.3, -0.25) is 20.4 Å². The molecule has 0 aliphatic carbocycles. The van der Waals surface area contributed by atoms with Gasteiger partial charge in [-0.2, -0.15) is 0 Å². The average molecular weight is 695 g/mol. The number of rotatable bonds is 10. The van der Waals surface area contributed by atoms with Gasteiger partial charge in [0.05, 0.1) is 11.4 Å². The molecule has 2 aliphatic heterocycles. The summed E-state index contributed by atoms with van der Waals surface area (Å²) in [7, 11) is 0. The second-order valence-corrected chi connectivity index (χ2v) is 13.7. The third kappa shape index (κ3) is 9.46. The SMILES string of the molecule is O=C(Nc1ccccc1-c1ccccc1)OC1CCN(Cc2cccc(CN3CCC(OC(=O)Nc4ccccc4-c4ccccc4)CC3)c2)CC1. The molecule has 2 N–H and O–H groups in total. The first-order chi connectivity index (χ1) is 25.6. The van der Waals surface area contributed by atoms with Gasteiger partial charge in [0.1, 0.15) is 12.2 Å². The zero-order chi connectivity index (χ0) is 35.5. The topological polar surface area (TPSA) is 83.1 Å². The number of nitrogens with zero attached hydrogens (tertiary/aromatic N) is 2. The van der Waals surface area contributed by atoms with Crippen molar-refractivity contribution in [3.8, 4) is 22.3 Å². The van der Waals surface area contributed by atoms with Gasteiger partial charge in [0.2, 0.25) is 0 Å². The number of benzene rings is 5. The summed E-state index contributed by atoms with van der Waals surface area (Å²) in [5.74, 6) is 0. The Kier molecular flexibility index (Phi) is 11.6. The van der Waals surface area contributed by atoms with E-state index in [4.69, 9.17) is 9.47 Å². The number of carbonyl (C=O) groups is 2. The molecule has 0 unspecified atom stereocenters. The Morgan fingerprint density at radius 1 is 0.500 bits per heavy atom. The fourth-order valence-electron chi connectivity index (χ4n) is 7.22. The van der Waals surface area contributed by atoms with Crippen LogP contribution in [-0.4, -0.2) is 60.4 Å². The number of carbonyl (C=O) groups excluding carboxylic acids is 2. The number of hydrogen-bond acceptors (Lipinski definition) is 6. The van der Waals surface area contributed by atoms with E-state index in [9.17, 15) is 9.59 Å². The van der Waals surface area contributed by atoms with Gasteiger partial charge in [0.25, 0.3) is 0 Å². The molecule has 7 rings (SSSR count). The van der Waals surface area contributed by atoms with Crippen LogP contribution in [0.1, 0.15) is 36.8 Å². The Morgan fingerprint density at radius 2 is 0.885 bits per heavy atom. The summed E-state index contributed by atoms with van der Waals surface area (Å²) in [5, 5.41) is 5.94. The van der Waals surface area contributed by atoms with Gasteiger partial charge < -0.3 is 9.47 Å².